The summed E-state index contributed by atoms with van der Waals surface area (Å²) in [4.78, 5) is 0. The summed E-state index contributed by atoms with van der Waals surface area (Å²) in [7, 11) is 7.40. The predicted molar refractivity (Wildman–Crippen MR) is 73.7 cm³/mol. The van der Waals surface area contributed by atoms with E-state index in [4.69, 9.17) is 9.47 Å². The summed E-state index contributed by atoms with van der Waals surface area (Å²) in [6, 6.07) is 3.91. The van der Waals surface area contributed by atoms with Gasteiger partial charge < -0.3 is 19.4 Å². The SMILES string of the molecule is CNCCc1cn(C)c2c(OC)ccc(OC)c12. The summed E-state index contributed by atoms with van der Waals surface area (Å²) in [5, 5.41) is 4.32. The molecule has 0 saturated heterocycles. The first-order valence-electron chi connectivity index (χ1n) is 6.06. The van der Waals surface area contributed by atoms with Gasteiger partial charge in [0.1, 0.15) is 11.5 Å². The molecule has 0 unspecified atom stereocenters. The molecule has 0 fully saturated rings. The first-order chi connectivity index (χ1) is 8.72. The smallest absolute Gasteiger partial charge is 0.143 e. The molecule has 0 atom stereocenters. The lowest BCUT2D eigenvalue weighted by Crippen LogP contribution is -2.10. The Hall–Kier alpha value is -1.68. The van der Waals surface area contributed by atoms with Crippen LogP contribution in [0.2, 0.25) is 0 Å². The van der Waals surface area contributed by atoms with E-state index in [1.54, 1.807) is 14.2 Å². The van der Waals surface area contributed by atoms with Crippen LogP contribution in [0.3, 0.4) is 0 Å². The van der Waals surface area contributed by atoms with Gasteiger partial charge in [-0.1, -0.05) is 0 Å². The van der Waals surface area contributed by atoms with Crippen LogP contribution in [0, 0.1) is 0 Å². The number of aromatic nitrogens is 1. The zero-order valence-corrected chi connectivity index (χ0v) is 11.4. The molecule has 1 aromatic heterocycles. The van der Waals surface area contributed by atoms with Crippen LogP contribution in [0.5, 0.6) is 11.5 Å². The zero-order chi connectivity index (χ0) is 13.1. The molecule has 0 radical (unpaired) electrons. The molecule has 2 rings (SSSR count). The van der Waals surface area contributed by atoms with E-state index in [0.29, 0.717) is 0 Å². The summed E-state index contributed by atoms with van der Waals surface area (Å²) in [6.45, 7) is 0.944. The van der Waals surface area contributed by atoms with Crippen LogP contribution >= 0.6 is 0 Å². The van der Waals surface area contributed by atoms with Crippen molar-refractivity contribution in [2.75, 3.05) is 27.8 Å². The van der Waals surface area contributed by atoms with Gasteiger partial charge in [0.15, 0.2) is 0 Å². The molecule has 98 valence electrons. The minimum atomic E-state index is 0.879. The van der Waals surface area contributed by atoms with Gasteiger partial charge in [0.2, 0.25) is 0 Å². The molecule has 0 bridgehead atoms. The molecule has 1 aromatic carbocycles. The summed E-state index contributed by atoms with van der Waals surface area (Å²) in [5.41, 5.74) is 2.36. The topological polar surface area (TPSA) is 35.4 Å². The quantitative estimate of drug-likeness (QED) is 0.878. The van der Waals surface area contributed by atoms with Gasteiger partial charge in [-0.05, 0) is 37.7 Å². The number of hydrogen-bond donors (Lipinski definition) is 1. The number of rotatable bonds is 5. The Bertz CT molecular complexity index is 546. The van der Waals surface area contributed by atoms with Crippen molar-refractivity contribution in [1.29, 1.82) is 0 Å². The van der Waals surface area contributed by atoms with Gasteiger partial charge in [0.05, 0.1) is 19.7 Å². The largest absolute Gasteiger partial charge is 0.496 e. The lowest BCUT2D eigenvalue weighted by Gasteiger charge is -2.09. The van der Waals surface area contributed by atoms with E-state index in [2.05, 4.69) is 16.1 Å². The second kappa shape index (κ2) is 5.31. The Morgan fingerprint density at radius 2 is 1.83 bits per heavy atom. The Morgan fingerprint density at radius 1 is 1.17 bits per heavy atom. The summed E-state index contributed by atoms with van der Waals surface area (Å²) in [6.07, 6.45) is 3.12. The molecule has 0 aliphatic carbocycles. The summed E-state index contributed by atoms with van der Waals surface area (Å²) in [5.74, 6) is 1.78. The van der Waals surface area contributed by atoms with E-state index in [0.717, 1.165) is 35.4 Å². The van der Waals surface area contributed by atoms with Crippen molar-refractivity contribution in [3.05, 3.63) is 23.9 Å². The predicted octanol–water partition coefficient (Wildman–Crippen LogP) is 1.96. The van der Waals surface area contributed by atoms with Gasteiger partial charge >= 0.3 is 0 Å². The van der Waals surface area contributed by atoms with Crippen LogP contribution in [-0.2, 0) is 13.5 Å². The molecule has 4 heteroatoms. The Morgan fingerprint density at radius 3 is 2.44 bits per heavy atom. The summed E-state index contributed by atoms with van der Waals surface area (Å²) < 4.78 is 13.0. The first kappa shape index (κ1) is 12.8. The Balaban J connectivity index is 2.65. The molecule has 1 heterocycles. The molecular weight excluding hydrogens is 228 g/mol. The number of likely N-dealkylation sites (N-methyl/N-ethyl adjacent to an activating group) is 1. The van der Waals surface area contributed by atoms with Crippen molar-refractivity contribution in [2.24, 2.45) is 7.05 Å². The monoisotopic (exact) mass is 248 g/mol. The highest BCUT2D eigenvalue weighted by atomic mass is 16.5. The van der Waals surface area contributed by atoms with Crippen molar-refractivity contribution in [1.82, 2.24) is 9.88 Å². The molecule has 0 amide bonds. The molecule has 18 heavy (non-hydrogen) atoms. The first-order valence-corrected chi connectivity index (χ1v) is 6.06. The molecule has 0 spiro atoms. The summed E-state index contributed by atoms with van der Waals surface area (Å²) >= 11 is 0. The van der Waals surface area contributed by atoms with Crippen molar-refractivity contribution < 1.29 is 9.47 Å². The van der Waals surface area contributed by atoms with Crippen molar-refractivity contribution >= 4 is 10.9 Å². The second-order valence-electron chi connectivity index (χ2n) is 4.31. The third kappa shape index (κ3) is 2.04. The van der Waals surface area contributed by atoms with Crippen LogP contribution < -0.4 is 14.8 Å². The maximum absolute atomic E-state index is 5.47. The minimum Gasteiger partial charge on any atom is -0.496 e. The van der Waals surface area contributed by atoms with Crippen molar-refractivity contribution in [2.45, 2.75) is 6.42 Å². The standard InChI is InChI=1S/C14H20N2O2/c1-15-8-7-10-9-16(2)14-12(18-4)6-5-11(17-3)13(10)14/h5-6,9,15H,7-8H2,1-4H3. The van der Waals surface area contributed by atoms with Crippen LogP contribution in [0.1, 0.15) is 5.56 Å². The van der Waals surface area contributed by atoms with Crippen LogP contribution in [0.15, 0.2) is 18.3 Å². The highest BCUT2D eigenvalue weighted by Crippen LogP contribution is 2.36. The van der Waals surface area contributed by atoms with E-state index < -0.39 is 0 Å². The van der Waals surface area contributed by atoms with Gasteiger partial charge in [-0.2, -0.15) is 0 Å². The number of aryl methyl sites for hydroxylation is 1. The highest BCUT2D eigenvalue weighted by Gasteiger charge is 2.15. The minimum absolute atomic E-state index is 0.879. The average molecular weight is 248 g/mol. The zero-order valence-electron chi connectivity index (χ0n) is 11.4. The highest BCUT2D eigenvalue weighted by molar-refractivity contribution is 5.94. The van der Waals surface area contributed by atoms with Gasteiger partial charge in [-0.3, -0.25) is 0 Å². The third-order valence-electron chi connectivity index (χ3n) is 3.21. The number of fused-ring (bicyclic) bond motifs is 1. The van der Waals surface area contributed by atoms with Gasteiger partial charge in [-0.15, -0.1) is 0 Å². The molecule has 4 nitrogen and oxygen atoms in total. The molecule has 0 aliphatic rings. The Labute approximate surface area is 107 Å². The van der Waals surface area contributed by atoms with E-state index in [1.165, 1.54) is 5.56 Å². The van der Waals surface area contributed by atoms with E-state index in [9.17, 15) is 0 Å². The van der Waals surface area contributed by atoms with E-state index in [1.807, 2.05) is 26.2 Å². The fraction of sp³-hybridized carbons (Fsp3) is 0.429. The molecule has 0 saturated carbocycles. The molecule has 0 aliphatic heterocycles. The molecule has 2 aromatic rings. The fourth-order valence-electron chi connectivity index (χ4n) is 2.36. The van der Waals surface area contributed by atoms with Crippen LogP contribution in [0.25, 0.3) is 10.9 Å². The number of hydrogen-bond acceptors (Lipinski definition) is 3. The van der Waals surface area contributed by atoms with Gasteiger partial charge in [0.25, 0.3) is 0 Å². The second-order valence-corrected chi connectivity index (χ2v) is 4.31. The normalized spacial score (nSPS) is 10.9. The number of benzene rings is 1. The fourth-order valence-corrected chi connectivity index (χ4v) is 2.36. The number of methoxy groups -OCH3 is 2. The van der Waals surface area contributed by atoms with Crippen molar-refractivity contribution in [3.63, 3.8) is 0 Å². The van der Waals surface area contributed by atoms with E-state index >= 15 is 0 Å². The lowest BCUT2D eigenvalue weighted by atomic mass is 10.1. The number of ether oxygens (including phenoxy) is 2. The lowest BCUT2D eigenvalue weighted by molar-refractivity contribution is 0.409. The third-order valence-corrected chi connectivity index (χ3v) is 3.21. The number of nitrogens with zero attached hydrogens (tertiary/aromatic N) is 1. The van der Waals surface area contributed by atoms with Crippen molar-refractivity contribution in [3.8, 4) is 11.5 Å². The van der Waals surface area contributed by atoms with Gasteiger partial charge in [0, 0.05) is 18.6 Å². The number of nitrogens with one attached hydrogen (secondary N) is 1. The van der Waals surface area contributed by atoms with Gasteiger partial charge in [-0.25, -0.2) is 0 Å². The molecular formula is C14H20N2O2. The average Bonchev–Trinajstić information content (AvgIpc) is 2.73. The van der Waals surface area contributed by atoms with E-state index in [-0.39, 0.29) is 0 Å². The maximum atomic E-state index is 5.47. The van der Waals surface area contributed by atoms with Crippen LogP contribution in [0.4, 0.5) is 0 Å². The molecule has 1 N–H and O–H groups in total. The maximum Gasteiger partial charge on any atom is 0.143 e. The Kier molecular flexibility index (Phi) is 3.77. The van der Waals surface area contributed by atoms with Crippen LogP contribution in [-0.4, -0.2) is 32.4 Å².